The van der Waals surface area contributed by atoms with Gasteiger partial charge in [-0.2, -0.15) is 4.31 Å². The number of nitrogens with zero attached hydrogens (tertiary/aromatic N) is 1. The van der Waals surface area contributed by atoms with E-state index in [1.807, 2.05) is 0 Å². The molecule has 1 unspecified atom stereocenters. The predicted molar refractivity (Wildman–Crippen MR) is 54.3 cm³/mol. The average molecular weight is 241 g/mol. The molecule has 1 rings (SSSR count). The molecule has 0 radical (unpaired) electrons. The van der Waals surface area contributed by atoms with E-state index in [0.717, 1.165) is 6.26 Å². The Morgan fingerprint density at radius 3 is 2.29 bits per heavy atom. The Labute approximate surface area is 85.1 Å². The Bertz CT molecular complexity index is 397. The second-order valence-electron chi connectivity index (χ2n) is 3.52. The molecular weight excluding hydrogens is 226 g/mol. The number of hydrogen-bond donors (Lipinski definition) is 0. The lowest BCUT2D eigenvalue weighted by Crippen LogP contribution is -2.40. The van der Waals surface area contributed by atoms with Crippen molar-refractivity contribution in [2.75, 3.05) is 24.3 Å². The molecule has 5 nitrogen and oxygen atoms in total. The highest BCUT2D eigenvalue weighted by Gasteiger charge is 2.35. The molecular formula is C7H15NO4S2. The van der Waals surface area contributed by atoms with Crippen molar-refractivity contribution in [3.05, 3.63) is 0 Å². The first-order chi connectivity index (χ1) is 6.26. The van der Waals surface area contributed by atoms with Gasteiger partial charge < -0.3 is 0 Å². The van der Waals surface area contributed by atoms with Crippen LogP contribution in [0.3, 0.4) is 0 Å². The lowest BCUT2D eigenvalue weighted by molar-refractivity contribution is 0.357. The van der Waals surface area contributed by atoms with Crippen molar-refractivity contribution < 1.29 is 16.8 Å². The highest BCUT2D eigenvalue weighted by Crippen LogP contribution is 2.19. The molecule has 0 spiro atoms. The average Bonchev–Trinajstić information content (AvgIpc) is 2.29. The van der Waals surface area contributed by atoms with Crippen LogP contribution in [0.25, 0.3) is 0 Å². The first-order valence-electron chi connectivity index (χ1n) is 4.43. The highest BCUT2D eigenvalue weighted by atomic mass is 32.2. The molecule has 1 fully saturated rings. The SMILES string of the molecule is CCN(C1CCS(=O)(=O)C1)S(C)(=O)=O. The van der Waals surface area contributed by atoms with Gasteiger partial charge in [0.25, 0.3) is 0 Å². The second-order valence-corrected chi connectivity index (χ2v) is 7.69. The minimum Gasteiger partial charge on any atom is -0.229 e. The summed E-state index contributed by atoms with van der Waals surface area (Å²) in [5.41, 5.74) is 0. The van der Waals surface area contributed by atoms with Crippen LogP contribution in [-0.2, 0) is 19.9 Å². The molecule has 0 aromatic rings. The van der Waals surface area contributed by atoms with Crippen molar-refractivity contribution in [1.82, 2.24) is 4.31 Å². The minimum absolute atomic E-state index is 0.0338. The van der Waals surface area contributed by atoms with Crippen LogP contribution in [0.4, 0.5) is 0 Å². The van der Waals surface area contributed by atoms with Crippen LogP contribution < -0.4 is 0 Å². The molecule has 14 heavy (non-hydrogen) atoms. The molecule has 1 saturated heterocycles. The zero-order valence-electron chi connectivity index (χ0n) is 8.30. The molecule has 84 valence electrons. The van der Waals surface area contributed by atoms with Gasteiger partial charge in [-0.05, 0) is 6.42 Å². The summed E-state index contributed by atoms with van der Waals surface area (Å²) < 4.78 is 46.2. The zero-order chi connectivity index (χ0) is 11.0. The number of rotatable bonds is 3. The van der Waals surface area contributed by atoms with Gasteiger partial charge in [-0.25, -0.2) is 16.8 Å². The Morgan fingerprint density at radius 1 is 1.43 bits per heavy atom. The van der Waals surface area contributed by atoms with Crippen molar-refractivity contribution in [3.63, 3.8) is 0 Å². The highest BCUT2D eigenvalue weighted by molar-refractivity contribution is 7.92. The van der Waals surface area contributed by atoms with Gasteiger partial charge in [0.05, 0.1) is 17.8 Å². The first-order valence-corrected chi connectivity index (χ1v) is 8.10. The van der Waals surface area contributed by atoms with Crippen LogP contribution in [0.15, 0.2) is 0 Å². The number of sulfonamides is 1. The van der Waals surface area contributed by atoms with E-state index in [4.69, 9.17) is 0 Å². The summed E-state index contributed by atoms with van der Waals surface area (Å²) in [5.74, 6) is 0.0671. The van der Waals surface area contributed by atoms with Gasteiger partial charge in [0, 0.05) is 12.6 Å². The predicted octanol–water partition coefficient (Wildman–Crippen LogP) is -0.545. The van der Waals surface area contributed by atoms with E-state index in [1.54, 1.807) is 6.92 Å². The maximum Gasteiger partial charge on any atom is 0.211 e. The standard InChI is InChI=1S/C7H15NO4S2/c1-3-8(13(2,9)10)7-4-5-14(11,12)6-7/h7H,3-6H2,1-2H3. The summed E-state index contributed by atoms with van der Waals surface area (Å²) in [7, 11) is -6.30. The molecule has 0 aromatic carbocycles. The zero-order valence-corrected chi connectivity index (χ0v) is 9.94. The lowest BCUT2D eigenvalue weighted by atomic mass is 10.3. The van der Waals surface area contributed by atoms with E-state index in [2.05, 4.69) is 0 Å². The fourth-order valence-electron chi connectivity index (χ4n) is 1.77. The van der Waals surface area contributed by atoms with Crippen LogP contribution >= 0.6 is 0 Å². The maximum absolute atomic E-state index is 11.3. The molecule has 0 aromatic heterocycles. The van der Waals surface area contributed by atoms with Crippen LogP contribution in [-0.4, -0.2) is 51.5 Å². The molecule has 0 amide bonds. The largest absolute Gasteiger partial charge is 0.229 e. The molecule has 0 N–H and O–H groups in total. The normalized spacial score (nSPS) is 26.9. The number of sulfone groups is 1. The molecule has 1 aliphatic heterocycles. The van der Waals surface area contributed by atoms with E-state index in [1.165, 1.54) is 4.31 Å². The second kappa shape index (κ2) is 3.79. The van der Waals surface area contributed by atoms with E-state index < -0.39 is 19.9 Å². The van der Waals surface area contributed by atoms with Crippen molar-refractivity contribution >= 4 is 19.9 Å². The summed E-state index contributed by atoms with van der Waals surface area (Å²) in [6, 6.07) is -0.361. The molecule has 1 heterocycles. The van der Waals surface area contributed by atoms with E-state index >= 15 is 0 Å². The molecule has 7 heteroatoms. The lowest BCUT2D eigenvalue weighted by Gasteiger charge is -2.23. The summed E-state index contributed by atoms with van der Waals surface area (Å²) in [6.45, 7) is 2.05. The van der Waals surface area contributed by atoms with E-state index in [9.17, 15) is 16.8 Å². The van der Waals surface area contributed by atoms with Gasteiger partial charge in [-0.15, -0.1) is 0 Å². The van der Waals surface area contributed by atoms with Crippen LogP contribution in [0, 0.1) is 0 Å². The van der Waals surface area contributed by atoms with E-state index in [-0.39, 0.29) is 17.5 Å². The van der Waals surface area contributed by atoms with Crippen molar-refractivity contribution in [2.24, 2.45) is 0 Å². The molecule has 0 saturated carbocycles. The topological polar surface area (TPSA) is 71.5 Å². The van der Waals surface area contributed by atoms with Gasteiger partial charge >= 0.3 is 0 Å². The fourth-order valence-corrected chi connectivity index (χ4v) is 4.78. The number of hydrogen-bond acceptors (Lipinski definition) is 4. The van der Waals surface area contributed by atoms with Crippen molar-refractivity contribution in [2.45, 2.75) is 19.4 Å². The molecule has 0 aliphatic carbocycles. The van der Waals surface area contributed by atoms with Gasteiger partial charge in [0.2, 0.25) is 10.0 Å². The maximum atomic E-state index is 11.3. The quantitative estimate of drug-likeness (QED) is 0.665. The monoisotopic (exact) mass is 241 g/mol. The Kier molecular flexibility index (Phi) is 3.23. The summed E-state index contributed by atoms with van der Waals surface area (Å²) in [6.07, 6.45) is 1.53. The van der Waals surface area contributed by atoms with Gasteiger partial charge in [0.1, 0.15) is 0 Å². The molecule has 1 aliphatic rings. The minimum atomic E-state index is -3.28. The molecule has 1 atom stereocenters. The van der Waals surface area contributed by atoms with Crippen LogP contribution in [0.5, 0.6) is 0 Å². The Balaban J connectivity index is 2.85. The van der Waals surface area contributed by atoms with Crippen LogP contribution in [0.1, 0.15) is 13.3 Å². The van der Waals surface area contributed by atoms with Gasteiger partial charge in [-0.3, -0.25) is 0 Å². The summed E-state index contributed by atoms with van der Waals surface area (Å²) in [4.78, 5) is 0. The molecule has 0 bridgehead atoms. The van der Waals surface area contributed by atoms with Crippen molar-refractivity contribution in [1.29, 1.82) is 0 Å². The Hall–Kier alpha value is -0.140. The van der Waals surface area contributed by atoms with Gasteiger partial charge in [-0.1, -0.05) is 6.92 Å². The third kappa shape index (κ3) is 2.68. The Morgan fingerprint density at radius 2 is 2.00 bits per heavy atom. The van der Waals surface area contributed by atoms with Gasteiger partial charge in [0.15, 0.2) is 9.84 Å². The summed E-state index contributed by atoms with van der Waals surface area (Å²) in [5, 5.41) is 0. The third-order valence-corrected chi connectivity index (χ3v) is 5.51. The first kappa shape index (κ1) is 11.9. The van der Waals surface area contributed by atoms with E-state index in [0.29, 0.717) is 13.0 Å². The fraction of sp³-hybridized carbons (Fsp3) is 1.00. The third-order valence-electron chi connectivity index (χ3n) is 2.35. The summed E-state index contributed by atoms with van der Waals surface area (Å²) >= 11 is 0. The van der Waals surface area contributed by atoms with Crippen molar-refractivity contribution in [3.8, 4) is 0 Å². The smallest absolute Gasteiger partial charge is 0.211 e. The van der Waals surface area contributed by atoms with Crippen LogP contribution in [0.2, 0.25) is 0 Å².